The summed E-state index contributed by atoms with van der Waals surface area (Å²) in [4.78, 5) is 17.9. The van der Waals surface area contributed by atoms with Gasteiger partial charge in [-0.25, -0.2) is 4.98 Å². The molecule has 30 heavy (non-hydrogen) atoms. The Bertz CT molecular complexity index is 1160. The molecule has 1 N–H and O–H groups in total. The highest BCUT2D eigenvalue weighted by Crippen LogP contribution is 2.34. The first kappa shape index (κ1) is 20.3. The number of aryl methyl sites for hydroxylation is 2. The van der Waals surface area contributed by atoms with Gasteiger partial charge in [0.2, 0.25) is 5.91 Å². The molecular weight excluding hydrogens is 412 g/mol. The Hall–Kier alpha value is -3.03. The summed E-state index contributed by atoms with van der Waals surface area (Å²) >= 11 is 2.97. The predicted molar refractivity (Wildman–Crippen MR) is 124 cm³/mol. The van der Waals surface area contributed by atoms with E-state index in [0.717, 1.165) is 38.1 Å². The summed E-state index contributed by atoms with van der Waals surface area (Å²) < 4.78 is 0. The van der Waals surface area contributed by atoms with Crippen LogP contribution in [0.5, 0.6) is 0 Å². The number of benzene rings is 2. The van der Waals surface area contributed by atoms with Gasteiger partial charge in [0.15, 0.2) is 0 Å². The molecule has 5 nitrogen and oxygen atoms in total. The van der Waals surface area contributed by atoms with Gasteiger partial charge < -0.3 is 5.32 Å². The summed E-state index contributed by atoms with van der Waals surface area (Å²) in [6, 6.07) is 21.7. The van der Waals surface area contributed by atoms with E-state index in [2.05, 4.69) is 32.6 Å². The fraction of sp³-hybridized carbons (Fsp3) is 0.130. The normalized spacial score (nSPS) is 10.7. The minimum atomic E-state index is -0.0639. The number of rotatable bonds is 6. The summed E-state index contributed by atoms with van der Waals surface area (Å²) in [6.07, 6.45) is 0. The van der Waals surface area contributed by atoms with Crippen LogP contribution in [0.15, 0.2) is 71.8 Å². The van der Waals surface area contributed by atoms with Crippen LogP contribution in [-0.2, 0) is 4.79 Å². The highest BCUT2D eigenvalue weighted by atomic mass is 32.2. The van der Waals surface area contributed by atoms with Crippen molar-refractivity contribution in [3.8, 4) is 21.1 Å². The fourth-order valence-corrected chi connectivity index (χ4v) is 4.55. The molecule has 0 aliphatic rings. The van der Waals surface area contributed by atoms with E-state index >= 15 is 0 Å². The Morgan fingerprint density at radius 2 is 1.73 bits per heavy atom. The lowest BCUT2D eigenvalue weighted by Gasteiger charge is -2.07. The zero-order valence-electron chi connectivity index (χ0n) is 16.6. The highest BCUT2D eigenvalue weighted by Gasteiger charge is 2.13. The molecule has 0 unspecified atom stereocenters. The van der Waals surface area contributed by atoms with Gasteiger partial charge in [-0.3, -0.25) is 4.79 Å². The first-order valence-electron chi connectivity index (χ1n) is 9.45. The summed E-state index contributed by atoms with van der Waals surface area (Å²) in [5.74, 6) is 0.214. The molecule has 0 aliphatic carbocycles. The average molecular weight is 433 g/mol. The number of anilines is 1. The maximum absolute atomic E-state index is 12.2. The molecule has 0 fully saturated rings. The molecule has 0 bridgehead atoms. The number of carbonyl (C=O) groups is 1. The summed E-state index contributed by atoms with van der Waals surface area (Å²) in [7, 11) is 0. The van der Waals surface area contributed by atoms with Crippen molar-refractivity contribution in [2.75, 3.05) is 11.1 Å². The molecule has 0 saturated heterocycles. The smallest absolute Gasteiger partial charge is 0.234 e. The van der Waals surface area contributed by atoms with Crippen molar-refractivity contribution in [3.05, 3.63) is 78.0 Å². The van der Waals surface area contributed by atoms with Gasteiger partial charge >= 0.3 is 0 Å². The van der Waals surface area contributed by atoms with Crippen molar-refractivity contribution in [1.29, 1.82) is 0 Å². The number of nitrogens with one attached hydrogen (secondary N) is 1. The van der Waals surface area contributed by atoms with Crippen LogP contribution in [0.4, 0.5) is 5.69 Å². The van der Waals surface area contributed by atoms with Crippen LogP contribution in [0.1, 0.15) is 11.3 Å². The fourth-order valence-electron chi connectivity index (χ4n) is 2.90. The Morgan fingerprint density at radius 1 is 0.967 bits per heavy atom. The molecule has 2 aromatic heterocycles. The number of carbonyl (C=O) groups excluding carboxylic acids is 1. The number of amides is 1. The largest absolute Gasteiger partial charge is 0.325 e. The van der Waals surface area contributed by atoms with Crippen molar-refractivity contribution in [3.63, 3.8) is 0 Å². The Balaban J connectivity index is 1.40. The van der Waals surface area contributed by atoms with Crippen molar-refractivity contribution in [2.24, 2.45) is 0 Å². The summed E-state index contributed by atoms with van der Waals surface area (Å²) in [5, 5.41) is 13.3. The van der Waals surface area contributed by atoms with Gasteiger partial charge in [0.25, 0.3) is 0 Å². The lowest BCUT2D eigenvalue weighted by atomic mass is 10.2. The molecule has 7 heteroatoms. The molecule has 1 amide bonds. The van der Waals surface area contributed by atoms with Crippen LogP contribution >= 0.6 is 23.1 Å². The molecule has 2 heterocycles. The number of para-hydroxylation sites is 1. The van der Waals surface area contributed by atoms with Gasteiger partial charge in [0, 0.05) is 11.3 Å². The Morgan fingerprint density at radius 3 is 2.47 bits per heavy atom. The quantitative estimate of drug-likeness (QED) is 0.401. The molecule has 4 rings (SSSR count). The van der Waals surface area contributed by atoms with Gasteiger partial charge in [-0.15, -0.1) is 21.5 Å². The molecule has 0 atom stereocenters. The second kappa shape index (κ2) is 9.19. The second-order valence-corrected chi connectivity index (χ2v) is 8.70. The van der Waals surface area contributed by atoms with Gasteiger partial charge in [0.1, 0.15) is 15.7 Å². The lowest BCUT2D eigenvalue weighted by Crippen LogP contribution is -2.14. The average Bonchev–Trinajstić information content (AvgIpc) is 3.16. The van der Waals surface area contributed by atoms with Gasteiger partial charge in [-0.1, -0.05) is 60.3 Å². The zero-order chi connectivity index (χ0) is 20.9. The van der Waals surface area contributed by atoms with Gasteiger partial charge in [-0.2, -0.15) is 0 Å². The van der Waals surface area contributed by atoms with E-state index in [0.29, 0.717) is 5.03 Å². The van der Waals surface area contributed by atoms with Crippen molar-refractivity contribution in [2.45, 2.75) is 18.9 Å². The van der Waals surface area contributed by atoms with E-state index in [1.165, 1.54) is 11.8 Å². The van der Waals surface area contributed by atoms with E-state index in [-0.39, 0.29) is 11.7 Å². The van der Waals surface area contributed by atoms with E-state index in [4.69, 9.17) is 0 Å². The van der Waals surface area contributed by atoms with Crippen LogP contribution in [0.25, 0.3) is 21.1 Å². The monoisotopic (exact) mass is 432 g/mol. The van der Waals surface area contributed by atoms with Crippen molar-refractivity contribution >= 4 is 34.7 Å². The number of hydrogen-bond donors (Lipinski definition) is 1. The van der Waals surface area contributed by atoms with Crippen LogP contribution in [-0.4, -0.2) is 26.8 Å². The number of thiazole rings is 1. The molecule has 2 aromatic carbocycles. The van der Waals surface area contributed by atoms with E-state index < -0.39 is 0 Å². The van der Waals surface area contributed by atoms with E-state index in [1.807, 2.05) is 68.4 Å². The number of thioether (sulfide) groups is 1. The molecule has 0 radical (unpaired) electrons. The zero-order valence-corrected chi connectivity index (χ0v) is 18.3. The third-order valence-electron chi connectivity index (χ3n) is 4.46. The second-order valence-electron chi connectivity index (χ2n) is 6.71. The van der Waals surface area contributed by atoms with Crippen LogP contribution < -0.4 is 5.32 Å². The summed E-state index contributed by atoms with van der Waals surface area (Å²) in [6.45, 7) is 3.95. The molecule has 4 aromatic rings. The van der Waals surface area contributed by atoms with Gasteiger partial charge in [-0.05, 0) is 37.6 Å². The minimum absolute atomic E-state index is 0.0639. The number of nitrogens with zero attached hydrogens (tertiary/aromatic N) is 3. The lowest BCUT2D eigenvalue weighted by molar-refractivity contribution is -0.113. The van der Waals surface area contributed by atoms with Gasteiger partial charge in [0.05, 0.1) is 16.3 Å². The van der Waals surface area contributed by atoms with E-state index in [9.17, 15) is 4.79 Å². The molecular formula is C23H20N4OS2. The molecule has 150 valence electrons. The van der Waals surface area contributed by atoms with Crippen molar-refractivity contribution in [1.82, 2.24) is 15.2 Å². The standard InChI is InChI=1S/C23H20N4OS2/c1-15-8-6-7-11-18(15)25-20(28)14-29-21-13-12-19(26-27-21)22-16(2)24-23(30-22)17-9-4-3-5-10-17/h3-13H,14H2,1-2H3,(H,25,28). The maximum atomic E-state index is 12.2. The number of aromatic nitrogens is 3. The number of hydrogen-bond acceptors (Lipinski definition) is 6. The minimum Gasteiger partial charge on any atom is -0.325 e. The third-order valence-corrected chi connectivity index (χ3v) is 6.61. The van der Waals surface area contributed by atoms with Crippen LogP contribution in [0, 0.1) is 13.8 Å². The first-order chi connectivity index (χ1) is 14.6. The Kier molecular flexibility index (Phi) is 6.21. The predicted octanol–water partition coefficient (Wildman–Crippen LogP) is 5.61. The van der Waals surface area contributed by atoms with Crippen LogP contribution in [0.2, 0.25) is 0 Å². The molecule has 0 saturated carbocycles. The topological polar surface area (TPSA) is 67.8 Å². The van der Waals surface area contributed by atoms with E-state index in [1.54, 1.807) is 11.3 Å². The SMILES string of the molecule is Cc1ccccc1NC(=O)CSc1ccc(-c2sc(-c3ccccc3)nc2C)nn1. The Labute approximate surface area is 183 Å². The highest BCUT2D eigenvalue weighted by molar-refractivity contribution is 7.99. The molecule has 0 aliphatic heterocycles. The maximum Gasteiger partial charge on any atom is 0.234 e. The summed E-state index contributed by atoms with van der Waals surface area (Å²) in [5.41, 5.74) is 4.69. The molecule has 0 spiro atoms. The third kappa shape index (κ3) is 4.75. The first-order valence-corrected chi connectivity index (χ1v) is 11.3. The van der Waals surface area contributed by atoms with Crippen LogP contribution in [0.3, 0.4) is 0 Å². The van der Waals surface area contributed by atoms with Crippen molar-refractivity contribution < 1.29 is 4.79 Å².